The molecule has 1 aliphatic rings. The summed E-state index contributed by atoms with van der Waals surface area (Å²) < 4.78 is 0. The van der Waals surface area contributed by atoms with Gasteiger partial charge in [-0.2, -0.15) is 0 Å². The summed E-state index contributed by atoms with van der Waals surface area (Å²) in [7, 11) is 0. The lowest BCUT2D eigenvalue weighted by molar-refractivity contribution is 0.0577. The molecule has 1 fully saturated rings. The maximum Gasteiger partial charge on any atom is 0.272 e. The van der Waals surface area contributed by atoms with Gasteiger partial charge in [0.05, 0.1) is 5.56 Å². The van der Waals surface area contributed by atoms with Gasteiger partial charge in [0.2, 0.25) is 5.91 Å². The Balaban J connectivity index is 2.18. The van der Waals surface area contributed by atoms with Crippen LogP contribution in [0.2, 0.25) is 0 Å². The number of aromatic nitrogens is 1. The van der Waals surface area contributed by atoms with Crippen LogP contribution >= 0.6 is 0 Å². The number of hydrogen-bond donors (Lipinski definition) is 2. The number of rotatable bonds is 3. The number of primary amides is 1. The van der Waals surface area contributed by atoms with Crippen LogP contribution in [-0.2, 0) is 0 Å². The van der Waals surface area contributed by atoms with Crippen molar-refractivity contribution in [2.24, 2.45) is 11.5 Å². The Morgan fingerprint density at radius 2 is 2.15 bits per heavy atom. The standard InChI is InChI=1S/C14H20N4O2/c1-9(15)12-4-2-3-7-18(12)14(20)11-6-5-10(8-17-11)13(16)19/h5-6,8-9,12H,2-4,7,15H2,1H3,(H2,16,19)/t9-,12+/m1/s1. The Labute approximate surface area is 118 Å². The van der Waals surface area contributed by atoms with E-state index in [0.717, 1.165) is 19.3 Å². The van der Waals surface area contributed by atoms with E-state index in [-0.39, 0.29) is 18.0 Å². The predicted molar refractivity (Wildman–Crippen MR) is 75.1 cm³/mol. The zero-order chi connectivity index (χ0) is 14.7. The van der Waals surface area contributed by atoms with Crippen LogP contribution in [0.3, 0.4) is 0 Å². The monoisotopic (exact) mass is 276 g/mol. The molecule has 6 heteroatoms. The van der Waals surface area contributed by atoms with Crippen molar-refractivity contribution in [3.8, 4) is 0 Å². The van der Waals surface area contributed by atoms with Crippen LogP contribution in [0.5, 0.6) is 0 Å². The number of carbonyl (C=O) groups is 2. The van der Waals surface area contributed by atoms with Gasteiger partial charge in [-0.15, -0.1) is 0 Å². The summed E-state index contributed by atoms with van der Waals surface area (Å²) in [5.74, 6) is -0.689. The highest BCUT2D eigenvalue weighted by Crippen LogP contribution is 2.21. The first-order chi connectivity index (χ1) is 9.50. The molecule has 0 saturated carbocycles. The number of nitrogens with two attached hydrogens (primary N) is 2. The molecule has 1 aromatic rings. The van der Waals surface area contributed by atoms with E-state index in [0.29, 0.717) is 17.8 Å². The second-order valence-electron chi connectivity index (χ2n) is 5.22. The lowest BCUT2D eigenvalue weighted by Gasteiger charge is -2.37. The largest absolute Gasteiger partial charge is 0.366 e. The molecule has 2 rings (SSSR count). The van der Waals surface area contributed by atoms with E-state index in [4.69, 9.17) is 11.5 Å². The Hall–Kier alpha value is -1.95. The van der Waals surface area contributed by atoms with Crippen LogP contribution in [-0.4, -0.2) is 40.3 Å². The van der Waals surface area contributed by atoms with Crippen LogP contribution in [0.25, 0.3) is 0 Å². The van der Waals surface area contributed by atoms with Gasteiger partial charge in [0.1, 0.15) is 5.69 Å². The molecule has 1 aliphatic heterocycles. The van der Waals surface area contributed by atoms with Crippen LogP contribution in [0, 0.1) is 0 Å². The van der Waals surface area contributed by atoms with Crippen molar-refractivity contribution < 1.29 is 9.59 Å². The third-order valence-electron chi connectivity index (χ3n) is 3.68. The molecule has 0 radical (unpaired) electrons. The summed E-state index contributed by atoms with van der Waals surface area (Å²) in [5.41, 5.74) is 11.7. The molecule has 2 amide bonds. The highest BCUT2D eigenvalue weighted by atomic mass is 16.2. The minimum Gasteiger partial charge on any atom is -0.366 e. The average Bonchev–Trinajstić information content (AvgIpc) is 2.46. The minimum absolute atomic E-state index is 0.0499. The average molecular weight is 276 g/mol. The number of amides is 2. The highest BCUT2D eigenvalue weighted by molar-refractivity contribution is 5.95. The number of piperidine rings is 1. The molecule has 2 atom stereocenters. The SMILES string of the molecule is C[C@@H](N)[C@@H]1CCCCN1C(=O)c1ccc(C(N)=O)cn1. The second-order valence-corrected chi connectivity index (χ2v) is 5.22. The summed E-state index contributed by atoms with van der Waals surface area (Å²) in [5, 5.41) is 0. The highest BCUT2D eigenvalue weighted by Gasteiger charge is 2.30. The molecule has 108 valence electrons. The molecule has 0 aromatic carbocycles. The number of pyridine rings is 1. The lowest BCUT2D eigenvalue weighted by Crippen LogP contribution is -2.51. The van der Waals surface area contributed by atoms with Gasteiger partial charge in [-0.25, -0.2) is 0 Å². The van der Waals surface area contributed by atoms with Crippen LogP contribution in [0.15, 0.2) is 18.3 Å². The van der Waals surface area contributed by atoms with Crippen molar-refractivity contribution in [3.63, 3.8) is 0 Å². The molecule has 0 unspecified atom stereocenters. The van der Waals surface area contributed by atoms with E-state index < -0.39 is 5.91 Å². The number of nitrogens with zero attached hydrogens (tertiary/aromatic N) is 2. The first kappa shape index (κ1) is 14.5. The zero-order valence-corrected chi connectivity index (χ0v) is 11.6. The minimum atomic E-state index is -0.553. The van der Waals surface area contributed by atoms with Gasteiger partial charge in [0.25, 0.3) is 5.91 Å². The normalized spacial score (nSPS) is 20.5. The summed E-state index contributed by atoms with van der Waals surface area (Å²) >= 11 is 0. The van der Waals surface area contributed by atoms with Gasteiger partial charge < -0.3 is 16.4 Å². The maximum absolute atomic E-state index is 12.5. The first-order valence-electron chi connectivity index (χ1n) is 6.83. The lowest BCUT2D eigenvalue weighted by atomic mass is 9.96. The van der Waals surface area contributed by atoms with Gasteiger partial charge in [-0.1, -0.05) is 0 Å². The number of likely N-dealkylation sites (tertiary alicyclic amines) is 1. The fourth-order valence-corrected chi connectivity index (χ4v) is 2.57. The van der Waals surface area contributed by atoms with Crippen molar-refractivity contribution >= 4 is 11.8 Å². The summed E-state index contributed by atoms with van der Waals surface area (Å²) in [6.07, 6.45) is 4.32. The first-order valence-corrected chi connectivity index (χ1v) is 6.83. The Morgan fingerprint density at radius 1 is 1.40 bits per heavy atom. The molecular weight excluding hydrogens is 256 g/mol. The molecule has 1 saturated heterocycles. The molecular formula is C14H20N4O2. The van der Waals surface area contributed by atoms with Crippen molar-refractivity contribution in [2.75, 3.05) is 6.54 Å². The maximum atomic E-state index is 12.5. The molecule has 2 heterocycles. The molecule has 6 nitrogen and oxygen atoms in total. The van der Waals surface area contributed by atoms with E-state index >= 15 is 0 Å². The van der Waals surface area contributed by atoms with Crippen LogP contribution in [0.4, 0.5) is 0 Å². The molecule has 1 aromatic heterocycles. The van der Waals surface area contributed by atoms with E-state index in [1.165, 1.54) is 18.3 Å². The topological polar surface area (TPSA) is 102 Å². The van der Waals surface area contributed by atoms with Gasteiger partial charge in [-0.05, 0) is 38.3 Å². The molecule has 0 bridgehead atoms. The number of carbonyl (C=O) groups excluding carboxylic acids is 2. The van der Waals surface area contributed by atoms with Gasteiger partial charge in [0, 0.05) is 24.8 Å². The predicted octanol–water partition coefficient (Wildman–Crippen LogP) is 0.522. The Bertz CT molecular complexity index is 498. The molecule has 4 N–H and O–H groups in total. The van der Waals surface area contributed by atoms with E-state index in [1.807, 2.05) is 6.92 Å². The second kappa shape index (κ2) is 6.00. The third-order valence-corrected chi connectivity index (χ3v) is 3.68. The Kier molecular flexibility index (Phi) is 4.34. The van der Waals surface area contributed by atoms with Crippen molar-refractivity contribution in [1.29, 1.82) is 0 Å². The van der Waals surface area contributed by atoms with Crippen LogP contribution < -0.4 is 11.5 Å². The summed E-state index contributed by atoms with van der Waals surface area (Å²) in [6.45, 7) is 2.62. The molecule has 20 heavy (non-hydrogen) atoms. The van der Waals surface area contributed by atoms with E-state index in [9.17, 15) is 9.59 Å². The van der Waals surface area contributed by atoms with Gasteiger partial charge >= 0.3 is 0 Å². The van der Waals surface area contributed by atoms with E-state index in [2.05, 4.69) is 4.98 Å². The Morgan fingerprint density at radius 3 is 2.70 bits per heavy atom. The van der Waals surface area contributed by atoms with Crippen molar-refractivity contribution in [1.82, 2.24) is 9.88 Å². The fraction of sp³-hybridized carbons (Fsp3) is 0.500. The summed E-state index contributed by atoms with van der Waals surface area (Å²) in [6, 6.07) is 3.04. The smallest absolute Gasteiger partial charge is 0.272 e. The summed E-state index contributed by atoms with van der Waals surface area (Å²) in [4.78, 5) is 29.3. The van der Waals surface area contributed by atoms with Gasteiger partial charge in [0.15, 0.2) is 0 Å². The van der Waals surface area contributed by atoms with Gasteiger partial charge in [-0.3, -0.25) is 14.6 Å². The fourth-order valence-electron chi connectivity index (χ4n) is 2.57. The van der Waals surface area contributed by atoms with E-state index in [1.54, 1.807) is 4.90 Å². The quantitative estimate of drug-likeness (QED) is 0.840. The molecule has 0 aliphatic carbocycles. The van der Waals surface area contributed by atoms with Crippen LogP contribution in [0.1, 0.15) is 47.0 Å². The molecule has 0 spiro atoms. The van der Waals surface area contributed by atoms with Crippen molar-refractivity contribution in [2.45, 2.75) is 38.3 Å². The van der Waals surface area contributed by atoms with Crippen molar-refractivity contribution in [3.05, 3.63) is 29.6 Å². The third kappa shape index (κ3) is 2.96. The zero-order valence-electron chi connectivity index (χ0n) is 11.6. The number of hydrogen-bond acceptors (Lipinski definition) is 4.